The molecule has 0 aliphatic carbocycles. The van der Waals surface area contributed by atoms with Crippen molar-refractivity contribution in [1.82, 2.24) is 0 Å². The normalized spacial score (nSPS) is 21.2. The van der Waals surface area contributed by atoms with Crippen LogP contribution in [0.25, 0.3) is 0 Å². The Morgan fingerprint density at radius 1 is 1.25 bits per heavy atom. The minimum atomic E-state index is -0.698. The number of rotatable bonds is 4. The molecule has 6 nitrogen and oxygen atoms in total. The fourth-order valence-corrected chi connectivity index (χ4v) is 2.25. The molecule has 2 atom stereocenters. The zero-order valence-electron chi connectivity index (χ0n) is 11.5. The molecule has 0 aromatic heterocycles. The highest BCUT2D eigenvalue weighted by atomic mass is 16.6. The summed E-state index contributed by atoms with van der Waals surface area (Å²) in [5.74, 6) is -0.445. The van der Waals surface area contributed by atoms with E-state index in [1.165, 1.54) is 14.2 Å². The number of carbonyl (C=O) groups excluding carboxylic acids is 2. The fraction of sp³-hybridized carbons (Fsp3) is 0.429. The van der Waals surface area contributed by atoms with Gasteiger partial charge in [-0.15, -0.1) is 0 Å². The molecule has 0 N–H and O–H groups in total. The minimum Gasteiger partial charge on any atom is -0.497 e. The topological polar surface area (TPSA) is 71.1 Å². The lowest BCUT2D eigenvalue weighted by atomic mass is 9.94. The molecule has 0 spiro atoms. The maximum absolute atomic E-state index is 11.7. The Balaban J connectivity index is 2.38. The van der Waals surface area contributed by atoms with Gasteiger partial charge in [0.15, 0.2) is 0 Å². The monoisotopic (exact) mass is 280 g/mol. The Morgan fingerprint density at radius 3 is 2.60 bits per heavy atom. The van der Waals surface area contributed by atoms with E-state index in [4.69, 9.17) is 18.9 Å². The standard InChI is InChI=1S/C14H16O6/c1-17-8-4-5-9(11(6-8)18-2)13-10(14(16)19-3)7-12(15)20-13/h4-6,10,13H,7H2,1-3H3/t10-,13+/m0/s1. The third kappa shape index (κ3) is 2.54. The van der Waals surface area contributed by atoms with Gasteiger partial charge in [-0.1, -0.05) is 0 Å². The number of benzene rings is 1. The Hall–Kier alpha value is -2.24. The summed E-state index contributed by atoms with van der Waals surface area (Å²) in [6, 6.07) is 5.12. The molecular formula is C14H16O6. The van der Waals surface area contributed by atoms with Crippen molar-refractivity contribution in [2.75, 3.05) is 21.3 Å². The third-order valence-electron chi connectivity index (χ3n) is 3.26. The van der Waals surface area contributed by atoms with E-state index in [2.05, 4.69) is 0 Å². The van der Waals surface area contributed by atoms with Crippen molar-refractivity contribution in [1.29, 1.82) is 0 Å². The molecule has 0 saturated carbocycles. The van der Waals surface area contributed by atoms with Crippen molar-refractivity contribution < 1.29 is 28.5 Å². The molecule has 1 aromatic rings. The van der Waals surface area contributed by atoms with Crippen LogP contribution in [-0.2, 0) is 19.1 Å². The van der Waals surface area contributed by atoms with Crippen molar-refractivity contribution in [2.45, 2.75) is 12.5 Å². The molecule has 2 rings (SSSR count). The number of hydrogen-bond acceptors (Lipinski definition) is 6. The van der Waals surface area contributed by atoms with Crippen molar-refractivity contribution in [2.24, 2.45) is 5.92 Å². The lowest BCUT2D eigenvalue weighted by Gasteiger charge is -2.19. The average molecular weight is 280 g/mol. The number of esters is 2. The molecule has 1 aliphatic heterocycles. The molecule has 0 bridgehead atoms. The predicted octanol–water partition coefficient (Wildman–Crippen LogP) is 1.48. The second-order valence-electron chi connectivity index (χ2n) is 4.35. The summed E-state index contributed by atoms with van der Waals surface area (Å²) in [5, 5.41) is 0. The zero-order chi connectivity index (χ0) is 14.7. The van der Waals surface area contributed by atoms with Crippen LogP contribution in [-0.4, -0.2) is 33.3 Å². The molecule has 1 saturated heterocycles. The molecule has 108 valence electrons. The SMILES string of the molecule is COC(=O)[C@H]1CC(=O)O[C@@H]1c1ccc(OC)cc1OC. The molecule has 1 aliphatic rings. The largest absolute Gasteiger partial charge is 0.497 e. The van der Waals surface area contributed by atoms with Crippen LogP contribution in [0, 0.1) is 5.92 Å². The number of cyclic esters (lactones) is 1. The molecule has 6 heteroatoms. The summed E-state index contributed by atoms with van der Waals surface area (Å²) in [6.45, 7) is 0. The van der Waals surface area contributed by atoms with E-state index in [1.807, 2.05) is 0 Å². The quantitative estimate of drug-likeness (QED) is 0.778. The van der Waals surface area contributed by atoms with E-state index in [9.17, 15) is 9.59 Å². The molecule has 20 heavy (non-hydrogen) atoms. The molecule has 0 amide bonds. The molecule has 1 heterocycles. The van der Waals surface area contributed by atoms with Crippen LogP contribution >= 0.6 is 0 Å². The minimum absolute atomic E-state index is 0.00647. The smallest absolute Gasteiger partial charge is 0.313 e. The zero-order valence-corrected chi connectivity index (χ0v) is 11.5. The average Bonchev–Trinajstić information content (AvgIpc) is 2.87. The van der Waals surface area contributed by atoms with Gasteiger partial charge in [-0.2, -0.15) is 0 Å². The Kier molecular flexibility index (Phi) is 4.12. The lowest BCUT2D eigenvalue weighted by Crippen LogP contribution is -2.20. The first-order valence-corrected chi connectivity index (χ1v) is 6.10. The fourth-order valence-electron chi connectivity index (χ4n) is 2.25. The van der Waals surface area contributed by atoms with Gasteiger partial charge in [-0.05, 0) is 12.1 Å². The highest BCUT2D eigenvalue weighted by Crippen LogP contribution is 2.41. The summed E-state index contributed by atoms with van der Waals surface area (Å²) < 4.78 is 20.3. The lowest BCUT2D eigenvalue weighted by molar-refractivity contribution is -0.147. The van der Waals surface area contributed by atoms with Crippen molar-refractivity contribution >= 4 is 11.9 Å². The Bertz CT molecular complexity index is 524. The Labute approximate surface area is 116 Å². The van der Waals surface area contributed by atoms with Gasteiger partial charge in [-0.25, -0.2) is 0 Å². The summed E-state index contributed by atoms with van der Waals surface area (Å²) in [4.78, 5) is 23.2. The van der Waals surface area contributed by atoms with E-state index < -0.39 is 24.0 Å². The maximum atomic E-state index is 11.7. The number of hydrogen-bond donors (Lipinski definition) is 0. The van der Waals surface area contributed by atoms with Crippen LogP contribution in [0.5, 0.6) is 11.5 Å². The Morgan fingerprint density at radius 2 is 2.00 bits per heavy atom. The second-order valence-corrected chi connectivity index (χ2v) is 4.35. The molecular weight excluding hydrogens is 264 g/mol. The van der Waals surface area contributed by atoms with Crippen LogP contribution < -0.4 is 9.47 Å². The van der Waals surface area contributed by atoms with Gasteiger partial charge in [0.2, 0.25) is 0 Å². The molecule has 0 radical (unpaired) electrons. The highest BCUT2D eigenvalue weighted by Gasteiger charge is 2.42. The van der Waals surface area contributed by atoms with E-state index >= 15 is 0 Å². The van der Waals surface area contributed by atoms with Gasteiger partial charge in [0, 0.05) is 11.6 Å². The first-order chi connectivity index (χ1) is 9.60. The first kappa shape index (κ1) is 14.2. The third-order valence-corrected chi connectivity index (χ3v) is 3.26. The summed E-state index contributed by atoms with van der Waals surface area (Å²) in [6.07, 6.45) is -0.692. The van der Waals surface area contributed by atoms with Crippen LogP contribution in [0.2, 0.25) is 0 Å². The van der Waals surface area contributed by atoms with Crippen molar-refractivity contribution in [3.8, 4) is 11.5 Å². The van der Waals surface area contributed by atoms with Crippen LogP contribution in [0.1, 0.15) is 18.1 Å². The predicted molar refractivity (Wildman–Crippen MR) is 68.5 cm³/mol. The highest BCUT2D eigenvalue weighted by molar-refractivity contribution is 5.84. The number of carbonyl (C=O) groups is 2. The maximum Gasteiger partial charge on any atom is 0.313 e. The summed E-state index contributed by atoms with van der Waals surface area (Å²) >= 11 is 0. The van der Waals surface area contributed by atoms with Gasteiger partial charge >= 0.3 is 11.9 Å². The second kappa shape index (κ2) is 5.81. The van der Waals surface area contributed by atoms with Crippen molar-refractivity contribution in [3.05, 3.63) is 23.8 Å². The van der Waals surface area contributed by atoms with E-state index in [-0.39, 0.29) is 6.42 Å². The molecule has 1 fully saturated rings. The van der Waals surface area contributed by atoms with Gasteiger partial charge in [0.1, 0.15) is 23.5 Å². The summed E-state index contributed by atoms with van der Waals surface area (Å²) in [5.41, 5.74) is 0.620. The molecule has 1 aromatic carbocycles. The molecule has 0 unspecified atom stereocenters. The van der Waals surface area contributed by atoms with Gasteiger partial charge in [0.05, 0.1) is 27.8 Å². The number of ether oxygens (including phenoxy) is 4. The van der Waals surface area contributed by atoms with Gasteiger partial charge in [-0.3, -0.25) is 9.59 Å². The first-order valence-electron chi connectivity index (χ1n) is 6.10. The van der Waals surface area contributed by atoms with Gasteiger partial charge < -0.3 is 18.9 Å². The van der Waals surface area contributed by atoms with Crippen LogP contribution in [0.3, 0.4) is 0 Å². The van der Waals surface area contributed by atoms with Crippen LogP contribution in [0.4, 0.5) is 0 Å². The van der Waals surface area contributed by atoms with E-state index in [1.54, 1.807) is 25.3 Å². The summed E-state index contributed by atoms with van der Waals surface area (Å²) in [7, 11) is 4.33. The van der Waals surface area contributed by atoms with Crippen LogP contribution in [0.15, 0.2) is 18.2 Å². The van der Waals surface area contributed by atoms with Crippen molar-refractivity contribution in [3.63, 3.8) is 0 Å². The van der Waals surface area contributed by atoms with E-state index in [0.29, 0.717) is 17.1 Å². The van der Waals surface area contributed by atoms with Gasteiger partial charge in [0.25, 0.3) is 0 Å². The number of methoxy groups -OCH3 is 3. The van der Waals surface area contributed by atoms with E-state index in [0.717, 1.165) is 0 Å².